The molecule has 0 saturated heterocycles. The molecule has 0 fully saturated rings. The number of rotatable bonds is 3. The average molecular weight is 270 g/mol. The maximum atomic E-state index is 2.22. The summed E-state index contributed by atoms with van der Waals surface area (Å²) in [5, 5.41) is 0. The Balaban J connectivity index is 1.86. The van der Waals surface area contributed by atoms with Crippen molar-refractivity contribution in [1.82, 2.24) is 0 Å². The summed E-state index contributed by atoms with van der Waals surface area (Å²) < 4.78 is 0. The summed E-state index contributed by atoms with van der Waals surface area (Å²) >= 11 is 0. The third kappa shape index (κ3) is 3.29. The lowest BCUT2D eigenvalue weighted by Gasteiger charge is -2.05. The van der Waals surface area contributed by atoms with Gasteiger partial charge in [0.1, 0.15) is 0 Å². The van der Waals surface area contributed by atoms with E-state index in [2.05, 4.69) is 85.8 Å². The van der Waals surface area contributed by atoms with Crippen molar-refractivity contribution in [2.75, 3.05) is 0 Å². The molecule has 0 spiro atoms. The fraction of sp³-hybridized carbons (Fsp3) is 0.0476. The highest BCUT2D eigenvalue weighted by Crippen LogP contribution is 2.23. The van der Waals surface area contributed by atoms with Crippen molar-refractivity contribution in [3.63, 3.8) is 0 Å². The van der Waals surface area contributed by atoms with Crippen LogP contribution >= 0.6 is 0 Å². The summed E-state index contributed by atoms with van der Waals surface area (Å²) in [7, 11) is 0. The molecule has 0 heterocycles. The Labute approximate surface area is 126 Å². The van der Waals surface area contributed by atoms with Crippen LogP contribution in [0.2, 0.25) is 0 Å². The Morgan fingerprint density at radius 2 is 1.14 bits per heavy atom. The summed E-state index contributed by atoms with van der Waals surface area (Å²) in [4.78, 5) is 0. The Hall–Kier alpha value is -2.60. The standard InChI is InChI=1S/C21H18/c1-17(16-18-8-4-2-5-9-18)19-12-14-21(15-13-19)20-10-6-3-7-11-20/h2-16H,1H3/b17-16+. The topological polar surface area (TPSA) is 0 Å². The highest BCUT2D eigenvalue weighted by Gasteiger charge is 1.99. The molecule has 0 aliphatic heterocycles. The fourth-order valence-electron chi connectivity index (χ4n) is 2.44. The van der Waals surface area contributed by atoms with E-state index in [1.807, 2.05) is 12.1 Å². The molecule has 0 heteroatoms. The molecule has 3 aromatic rings. The van der Waals surface area contributed by atoms with Gasteiger partial charge in [-0.1, -0.05) is 91.0 Å². The third-order valence-electron chi connectivity index (χ3n) is 3.63. The number of hydrogen-bond donors (Lipinski definition) is 0. The molecule has 0 saturated carbocycles. The zero-order chi connectivity index (χ0) is 14.5. The Morgan fingerprint density at radius 1 is 0.619 bits per heavy atom. The molecular weight excluding hydrogens is 252 g/mol. The van der Waals surface area contributed by atoms with E-state index in [1.54, 1.807) is 0 Å². The molecule has 0 N–H and O–H groups in total. The summed E-state index contributed by atoms with van der Waals surface area (Å²) in [5.74, 6) is 0. The molecule has 0 atom stereocenters. The minimum atomic E-state index is 1.24. The maximum Gasteiger partial charge on any atom is -0.0184 e. The number of benzene rings is 3. The smallest absolute Gasteiger partial charge is 0.0184 e. The van der Waals surface area contributed by atoms with Crippen LogP contribution in [0.15, 0.2) is 84.9 Å². The van der Waals surface area contributed by atoms with Gasteiger partial charge in [-0.25, -0.2) is 0 Å². The maximum absolute atomic E-state index is 2.22. The molecule has 102 valence electrons. The van der Waals surface area contributed by atoms with E-state index in [-0.39, 0.29) is 0 Å². The van der Waals surface area contributed by atoms with E-state index in [9.17, 15) is 0 Å². The van der Waals surface area contributed by atoms with Gasteiger partial charge >= 0.3 is 0 Å². The molecule has 0 aliphatic carbocycles. The second kappa shape index (κ2) is 6.23. The Morgan fingerprint density at radius 3 is 1.76 bits per heavy atom. The van der Waals surface area contributed by atoms with E-state index in [1.165, 1.54) is 27.8 Å². The second-order valence-electron chi connectivity index (χ2n) is 5.18. The van der Waals surface area contributed by atoms with E-state index in [4.69, 9.17) is 0 Å². The summed E-state index contributed by atoms with van der Waals surface area (Å²) in [6.07, 6.45) is 2.22. The van der Waals surface area contributed by atoms with Gasteiger partial charge < -0.3 is 0 Å². The van der Waals surface area contributed by atoms with Crippen molar-refractivity contribution in [2.45, 2.75) is 6.92 Å². The van der Waals surface area contributed by atoms with Gasteiger partial charge in [0, 0.05) is 0 Å². The van der Waals surface area contributed by atoms with Crippen LogP contribution in [0.1, 0.15) is 18.1 Å². The number of hydrogen-bond acceptors (Lipinski definition) is 0. The van der Waals surface area contributed by atoms with Crippen molar-refractivity contribution in [3.8, 4) is 11.1 Å². The van der Waals surface area contributed by atoms with Gasteiger partial charge in [0.05, 0.1) is 0 Å². The SMILES string of the molecule is C/C(=C\c1ccccc1)c1ccc(-c2ccccc2)cc1. The van der Waals surface area contributed by atoms with Crippen LogP contribution in [0, 0.1) is 0 Å². The Kier molecular flexibility index (Phi) is 3.97. The average Bonchev–Trinajstić information content (AvgIpc) is 2.57. The van der Waals surface area contributed by atoms with Gasteiger partial charge in [-0.3, -0.25) is 0 Å². The first-order chi connectivity index (χ1) is 10.3. The van der Waals surface area contributed by atoms with Crippen LogP contribution in [0.25, 0.3) is 22.8 Å². The van der Waals surface area contributed by atoms with Crippen molar-refractivity contribution >= 4 is 11.6 Å². The van der Waals surface area contributed by atoms with Gasteiger partial charge in [0.25, 0.3) is 0 Å². The van der Waals surface area contributed by atoms with Crippen molar-refractivity contribution in [3.05, 3.63) is 96.1 Å². The molecular formula is C21H18. The minimum absolute atomic E-state index is 1.24. The largest absolute Gasteiger partial charge is 0.0622 e. The van der Waals surface area contributed by atoms with Gasteiger partial charge in [-0.05, 0) is 34.8 Å². The molecule has 0 amide bonds. The van der Waals surface area contributed by atoms with E-state index in [0.717, 1.165) is 0 Å². The summed E-state index contributed by atoms with van der Waals surface area (Å²) in [6, 6.07) is 29.7. The zero-order valence-electron chi connectivity index (χ0n) is 12.2. The molecule has 0 nitrogen and oxygen atoms in total. The molecule has 21 heavy (non-hydrogen) atoms. The lowest BCUT2D eigenvalue weighted by atomic mass is 10.00. The van der Waals surface area contributed by atoms with E-state index >= 15 is 0 Å². The van der Waals surface area contributed by atoms with Gasteiger partial charge in [0.2, 0.25) is 0 Å². The van der Waals surface area contributed by atoms with Crippen LogP contribution in [0.4, 0.5) is 0 Å². The molecule has 0 radical (unpaired) electrons. The van der Waals surface area contributed by atoms with Crippen LogP contribution in [0.5, 0.6) is 0 Å². The lowest BCUT2D eigenvalue weighted by molar-refractivity contribution is 1.55. The molecule has 3 aromatic carbocycles. The molecule has 3 rings (SSSR count). The highest BCUT2D eigenvalue weighted by atomic mass is 14.0. The van der Waals surface area contributed by atoms with Crippen molar-refractivity contribution < 1.29 is 0 Å². The summed E-state index contributed by atoms with van der Waals surface area (Å²) in [6.45, 7) is 2.16. The van der Waals surface area contributed by atoms with Crippen LogP contribution in [-0.2, 0) is 0 Å². The van der Waals surface area contributed by atoms with Crippen LogP contribution in [-0.4, -0.2) is 0 Å². The Bertz CT molecular complexity index is 720. The van der Waals surface area contributed by atoms with Gasteiger partial charge in [0.15, 0.2) is 0 Å². The molecule has 0 aromatic heterocycles. The van der Waals surface area contributed by atoms with Gasteiger partial charge in [-0.15, -0.1) is 0 Å². The van der Waals surface area contributed by atoms with E-state index < -0.39 is 0 Å². The van der Waals surface area contributed by atoms with Crippen LogP contribution in [0.3, 0.4) is 0 Å². The normalized spacial score (nSPS) is 11.4. The molecule has 0 bridgehead atoms. The monoisotopic (exact) mass is 270 g/mol. The first-order valence-corrected chi connectivity index (χ1v) is 7.22. The minimum Gasteiger partial charge on any atom is -0.0622 e. The summed E-state index contributed by atoms with van der Waals surface area (Å²) in [5.41, 5.74) is 6.29. The van der Waals surface area contributed by atoms with Gasteiger partial charge in [-0.2, -0.15) is 0 Å². The second-order valence-corrected chi connectivity index (χ2v) is 5.18. The number of allylic oxidation sites excluding steroid dienone is 1. The first kappa shape index (κ1) is 13.4. The molecule has 0 unspecified atom stereocenters. The van der Waals surface area contributed by atoms with Crippen LogP contribution < -0.4 is 0 Å². The van der Waals surface area contributed by atoms with Crippen molar-refractivity contribution in [1.29, 1.82) is 0 Å². The lowest BCUT2D eigenvalue weighted by Crippen LogP contribution is -1.82. The van der Waals surface area contributed by atoms with E-state index in [0.29, 0.717) is 0 Å². The third-order valence-corrected chi connectivity index (χ3v) is 3.63. The predicted molar refractivity (Wildman–Crippen MR) is 91.9 cm³/mol. The quantitative estimate of drug-likeness (QED) is 0.519. The molecule has 0 aliphatic rings. The van der Waals surface area contributed by atoms with Crippen molar-refractivity contribution in [2.24, 2.45) is 0 Å². The fourth-order valence-corrected chi connectivity index (χ4v) is 2.44. The predicted octanol–water partition coefficient (Wildman–Crippen LogP) is 5.91. The highest BCUT2D eigenvalue weighted by molar-refractivity contribution is 5.81. The first-order valence-electron chi connectivity index (χ1n) is 7.22. The zero-order valence-corrected chi connectivity index (χ0v) is 12.2.